The van der Waals surface area contributed by atoms with Crippen LogP contribution in [-0.2, 0) is 0 Å². The van der Waals surface area contributed by atoms with Crippen molar-refractivity contribution in [3.05, 3.63) is 59.6 Å². The third-order valence-electron chi connectivity index (χ3n) is 7.06. The molecule has 1 aromatic heterocycles. The van der Waals surface area contributed by atoms with E-state index in [1.807, 2.05) is 48.5 Å². The molecule has 0 spiro atoms. The van der Waals surface area contributed by atoms with E-state index in [-0.39, 0.29) is 0 Å². The Morgan fingerprint density at radius 2 is 1.46 bits per heavy atom. The summed E-state index contributed by atoms with van der Waals surface area (Å²) < 4.78 is 6.00. The van der Waals surface area contributed by atoms with Gasteiger partial charge >= 0.3 is 0 Å². The Hall–Kier alpha value is -2.91. The quantitative estimate of drug-likeness (QED) is 0.478. The van der Waals surface area contributed by atoms with Gasteiger partial charge in [0.1, 0.15) is 18.2 Å². The normalized spacial score (nSPS) is 17.6. The maximum absolute atomic E-state index is 6.12. The molecule has 0 aliphatic carbocycles. The van der Waals surface area contributed by atoms with Crippen LogP contribution in [0.3, 0.4) is 0 Å². The van der Waals surface area contributed by atoms with Crippen LogP contribution in [0.25, 0.3) is 11.3 Å². The van der Waals surface area contributed by atoms with E-state index >= 15 is 0 Å². The van der Waals surface area contributed by atoms with Gasteiger partial charge in [0.05, 0.1) is 5.69 Å². The summed E-state index contributed by atoms with van der Waals surface area (Å²) in [7, 11) is 4.33. The number of hydrogen-bond acceptors (Lipinski definition) is 8. The zero-order valence-electron chi connectivity index (χ0n) is 21.7. The van der Waals surface area contributed by atoms with Crippen molar-refractivity contribution >= 4 is 29.1 Å². The summed E-state index contributed by atoms with van der Waals surface area (Å²) in [6, 6.07) is 17.9. The molecule has 37 heavy (non-hydrogen) atoms. The molecule has 5 rings (SSSR count). The number of halogens is 1. The average Bonchev–Trinajstić information content (AvgIpc) is 2.91. The molecular weight excluding hydrogens is 486 g/mol. The Balaban J connectivity index is 1.26. The fourth-order valence-electron chi connectivity index (χ4n) is 4.58. The minimum absolute atomic E-state index is 0.574. The molecule has 0 bridgehead atoms. The van der Waals surface area contributed by atoms with E-state index in [9.17, 15) is 0 Å². The number of rotatable bonds is 8. The van der Waals surface area contributed by atoms with Gasteiger partial charge in [-0.15, -0.1) is 0 Å². The van der Waals surface area contributed by atoms with Gasteiger partial charge in [-0.1, -0.05) is 23.7 Å². The summed E-state index contributed by atoms with van der Waals surface area (Å²) in [6.07, 6.45) is 0. The van der Waals surface area contributed by atoms with Gasteiger partial charge in [0.2, 0.25) is 5.95 Å². The van der Waals surface area contributed by atoms with Gasteiger partial charge in [0, 0.05) is 81.2 Å². The highest BCUT2D eigenvalue weighted by Gasteiger charge is 2.18. The first kappa shape index (κ1) is 25.7. The number of benzene rings is 2. The largest absolute Gasteiger partial charge is 0.492 e. The van der Waals surface area contributed by atoms with Crippen molar-refractivity contribution in [3.8, 4) is 17.0 Å². The van der Waals surface area contributed by atoms with Crippen LogP contribution < -0.4 is 15.0 Å². The van der Waals surface area contributed by atoms with Gasteiger partial charge in [0.15, 0.2) is 0 Å². The first-order chi connectivity index (χ1) is 18.0. The number of nitrogens with zero attached hydrogens (tertiary/aromatic N) is 6. The van der Waals surface area contributed by atoms with Gasteiger partial charge in [0.25, 0.3) is 0 Å². The molecule has 0 amide bonds. The second kappa shape index (κ2) is 12.1. The molecule has 3 aromatic rings. The third-order valence-corrected chi connectivity index (χ3v) is 7.31. The Bertz CT molecular complexity index is 1140. The Morgan fingerprint density at radius 3 is 2.14 bits per heavy atom. The molecule has 0 atom stereocenters. The molecule has 2 saturated heterocycles. The second-order valence-electron chi connectivity index (χ2n) is 9.87. The van der Waals surface area contributed by atoms with E-state index in [1.165, 1.54) is 0 Å². The van der Waals surface area contributed by atoms with Crippen molar-refractivity contribution in [2.24, 2.45) is 0 Å². The Kier molecular flexibility index (Phi) is 8.41. The molecule has 3 heterocycles. The molecule has 0 radical (unpaired) electrons. The highest BCUT2D eigenvalue weighted by Crippen LogP contribution is 2.27. The first-order valence-corrected chi connectivity index (χ1v) is 13.4. The average molecular weight is 522 g/mol. The first-order valence-electron chi connectivity index (χ1n) is 13.0. The predicted molar refractivity (Wildman–Crippen MR) is 151 cm³/mol. The van der Waals surface area contributed by atoms with E-state index in [2.05, 4.69) is 45.1 Å². The van der Waals surface area contributed by atoms with Gasteiger partial charge in [-0.2, -0.15) is 4.98 Å². The van der Waals surface area contributed by atoms with Crippen molar-refractivity contribution < 1.29 is 4.74 Å². The van der Waals surface area contributed by atoms with Gasteiger partial charge < -0.3 is 24.8 Å². The minimum atomic E-state index is 0.574. The number of anilines is 3. The van der Waals surface area contributed by atoms with Crippen LogP contribution in [-0.4, -0.2) is 104 Å². The fourth-order valence-corrected chi connectivity index (χ4v) is 4.71. The van der Waals surface area contributed by atoms with Crippen LogP contribution in [0.2, 0.25) is 5.02 Å². The molecule has 196 valence electrons. The Morgan fingerprint density at radius 1 is 0.811 bits per heavy atom. The number of aromatic nitrogens is 2. The zero-order chi connectivity index (χ0) is 25.6. The second-order valence-corrected chi connectivity index (χ2v) is 10.3. The van der Waals surface area contributed by atoms with Gasteiger partial charge in [-0.05, 0) is 50.5 Å². The lowest BCUT2D eigenvalue weighted by molar-refractivity contribution is 0.134. The third kappa shape index (κ3) is 7.11. The van der Waals surface area contributed by atoms with Crippen molar-refractivity contribution in [3.63, 3.8) is 0 Å². The predicted octanol–water partition coefficient (Wildman–Crippen LogP) is 3.92. The van der Waals surface area contributed by atoms with Crippen molar-refractivity contribution in [1.29, 1.82) is 0 Å². The summed E-state index contributed by atoms with van der Waals surface area (Å²) in [6.45, 7) is 10.0. The van der Waals surface area contributed by atoms with Crippen LogP contribution in [0.5, 0.6) is 5.75 Å². The van der Waals surface area contributed by atoms with Crippen molar-refractivity contribution in [2.75, 3.05) is 89.8 Å². The summed E-state index contributed by atoms with van der Waals surface area (Å²) >= 11 is 6.12. The molecular formula is C28H36ClN7O. The van der Waals surface area contributed by atoms with E-state index in [4.69, 9.17) is 26.3 Å². The summed E-state index contributed by atoms with van der Waals surface area (Å²) in [5, 5.41) is 4.11. The van der Waals surface area contributed by atoms with Crippen molar-refractivity contribution in [1.82, 2.24) is 24.7 Å². The summed E-state index contributed by atoms with van der Waals surface area (Å²) in [5.41, 5.74) is 2.80. The van der Waals surface area contributed by atoms with Gasteiger partial charge in [-0.3, -0.25) is 4.90 Å². The fraction of sp³-hybridized carbons (Fsp3) is 0.429. The molecule has 2 aromatic carbocycles. The zero-order valence-corrected chi connectivity index (χ0v) is 22.5. The van der Waals surface area contributed by atoms with Gasteiger partial charge in [-0.25, -0.2) is 4.98 Å². The number of piperazine rings is 2. The standard InChI is InChI=1S/C28H36ClN7O/c1-33-11-15-35(16-12-33)19-20-37-25-9-7-24(8-10-25)30-28-31-26(22-3-5-23(29)6-4-22)21-27(32-28)36-17-13-34(2)14-18-36/h3-10,21H,11-20H2,1-2H3,(H,30,31,32). The van der Waals surface area contributed by atoms with E-state index in [0.717, 1.165) is 87.4 Å². The summed E-state index contributed by atoms with van der Waals surface area (Å²) in [4.78, 5) is 19.2. The van der Waals surface area contributed by atoms with E-state index in [0.29, 0.717) is 17.6 Å². The minimum Gasteiger partial charge on any atom is -0.492 e. The molecule has 2 fully saturated rings. The molecule has 8 nitrogen and oxygen atoms in total. The SMILES string of the molecule is CN1CCN(CCOc2ccc(Nc3nc(-c4ccc(Cl)cc4)cc(N4CCN(C)CC4)n3)cc2)CC1. The number of nitrogens with one attached hydrogen (secondary N) is 1. The van der Waals surface area contributed by atoms with E-state index < -0.39 is 0 Å². The van der Waals surface area contributed by atoms with Crippen LogP contribution >= 0.6 is 11.6 Å². The molecule has 1 N–H and O–H groups in total. The maximum Gasteiger partial charge on any atom is 0.229 e. The summed E-state index contributed by atoms with van der Waals surface area (Å²) in [5.74, 6) is 2.37. The Labute approximate surface area is 224 Å². The van der Waals surface area contributed by atoms with Crippen molar-refractivity contribution in [2.45, 2.75) is 0 Å². The number of likely N-dealkylation sites (N-methyl/N-ethyl adjacent to an activating group) is 2. The molecule has 9 heteroatoms. The van der Waals surface area contributed by atoms with Crippen LogP contribution in [0, 0.1) is 0 Å². The van der Waals surface area contributed by atoms with Crippen LogP contribution in [0.1, 0.15) is 0 Å². The molecule has 2 aliphatic rings. The van der Waals surface area contributed by atoms with Crippen LogP contribution in [0.15, 0.2) is 54.6 Å². The molecule has 0 saturated carbocycles. The van der Waals surface area contributed by atoms with Crippen LogP contribution in [0.4, 0.5) is 17.5 Å². The lowest BCUT2D eigenvalue weighted by Crippen LogP contribution is -2.45. The number of ether oxygens (including phenoxy) is 1. The lowest BCUT2D eigenvalue weighted by Gasteiger charge is -2.33. The monoisotopic (exact) mass is 521 g/mol. The topological polar surface area (TPSA) is 60.0 Å². The lowest BCUT2D eigenvalue weighted by atomic mass is 10.1. The maximum atomic E-state index is 6.12. The van der Waals surface area contributed by atoms with E-state index in [1.54, 1.807) is 0 Å². The highest BCUT2D eigenvalue weighted by molar-refractivity contribution is 6.30. The molecule has 0 unspecified atom stereocenters. The highest BCUT2D eigenvalue weighted by atomic mass is 35.5. The molecule has 2 aliphatic heterocycles. The smallest absolute Gasteiger partial charge is 0.229 e. The number of hydrogen-bond donors (Lipinski definition) is 1.